The SMILES string of the molecule is C=CCC(CC/C=C\CC)(C(=O)OC)C(=O)OC. The first-order chi connectivity index (χ1) is 8.58. The molecule has 0 unspecified atom stereocenters. The molecule has 0 rings (SSSR count). The molecule has 0 saturated carbocycles. The lowest BCUT2D eigenvalue weighted by Gasteiger charge is -2.26. The van der Waals surface area contributed by atoms with Gasteiger partial charge in [0.25, 0.3) is 0 Å². The number of carbonyl (C=O) groups is 2. The predicted molar refractivity (Wildman–Crippen MR) is 69.9 cm³/mol. The van der Waals surface area contributed by atoms with Gasteiger partial charge in [0.1, 0.15) is 0 Å². The van der Waals surface area contributed by atoms with Gasteiger partial charge in [-0.3, -0.25) is 9.59 Å². The summed E-state index contributed by atoms with van der Waals surface area (Å²) in [5, 5.41) is 0. The fourth-order valence-electron chi connectivity index (χ4n) is 1.81. The molecule has 4 heteroatoms. The lowest BCUT2D eigenvalue weighted by Crippen LogP contribution is -2.40. The molecule has 0 aromatic rings. The molecular formula is C14H22O4. The maximum absolute atomic E-state index is 11.9. The van der Waals surface area contributed by atoms with Crippen molar-refractivity contribution in [2.45, 2.75) is 32.6 Å². The van der Waals surface area contributed by atoms with Crippen molar-refractivity contribution >= 4 is 11.9 Å². The molecule has 0 fully saturated rings. The zero-order chi connectivity index (χ0) is 14.0. The maximum atomic E-state index is 11.9. The number of allylic oxidation sites excluding steroid dienone is 3. The van der Waals surface area contributed by atoms with Gasteiger partial charge in [-0.25, -0.2) is 0 Å². The summed E-state index contributed by atoms with van der Waals surface area (Å²) in [5.74, 6) is -1.14. The Morgan fingerprint density at radius 3 is 2.11 bits per heavy atom. The first-order valence-corrected chi connectivity index (χ1v) is 6.01. The van der Waals surface area contributed by atoms with Crippen molar-refractivity contribution in [3.63, 3.8) is 0 Å². The number of hydrogen-bond donors (Lipinski definition) is 0. The van der Waals surface area contributed by atoms with Crippen molar-refractivity contribution in [1.29, 1.82) is 0 Å². The lowest BCUT2D eigenvalue weighted by molar-refractivity contribution is -0.169. The Hall–Kier alpha value is -1.58. The molecule has 0 aliphatic heterocycles. The van der Waals surface area contributed by atoms with Gasteiger partial charge in [0.2, 0.25) is 0 Å². The maximum Gasteiger partial charge on any atom is 0.323 e. The van der Waals surface area contributed by atoms with Crippen LogP contribution in [0.5, 0.6) is 0 Å². The van der Waals surface area contributed by atoms with Crippen LogP contribution in [0.25, 0.3) is 0 Å². The second kappa shape index (κ2) is 8.50. The number of ether oxygens (including phenoxy) is 2. The van der Waals surface area contributed by atoms with Gasteiger partial charge in [-0.05, 0) is 25.7 Å². The highest BCUT2D eigenvalue weighted by Crippen LogP contribution is 2.32. The van der Waals surface area contributed by atoms with E-state index in [0.717, 1.165) is 6.42 Å². The molecule has 0 aromatic carbocycles. The Morgan fingerprint density at radius 1 is 1.17 bits per heavy atom. The molecule has 0 saturated heterocycles. The van der Waals surface area contributed by atoms with Crippen LogP contribution in [-0.2, 0) is 19.1 Å². The Kier molecular flexibility index (Phi) is 7.76. The van der Waals surface area contributed by atoms with Crippen LogP contribution in [0.2, 0.25) is 0 Å². The van der Waals surface area contributed by atoms with Crippen LogP contribution in [0.3, 0.4) is 0 Å². The number of carbonyl (C=O) groups excluding carboxylic acids is 2. The number of hydrogen-bond acceptors (Lipinski definition) is 4. The highest BCUT2D eigenvalue weighted by atomic mass is 16.5. The van der Waals surface area contributed by atoms with Gasteiger partial charge in [0.15, 0.2) is 5.41 Å². The molecule has 0 aliphatic carbocycles. The molecule has 18 heavy (non-hydrogen) atoms. The summed E-state index contributed by atoms with van der Waals surface area (Å²) in [6.07, 6.45) is 7.59. The fraction of sp³-hybridized carbons (Fsp3) is 0.571. The van der Waals surface area contributed by atoms with Crippen LogP contribution in [0.15, 0.2) is 24.8 Å². The first-order valence-electron chi connectivity index (χ1n) is 6.01. The topological polar surface area (TPSA) is 52.6 Å². The van der Waals surface area contributed by atoms with Crippen molar-refractivity contribution in [3.8, 4) is 0 Å². The first kappa shape index (κ1) is 16.4. The Labute approximate surface area is 109 Å². The molecular weight excluding hydrogens is 232 g/mol. The average molecular weight is 254 g/mol. The summed E-state index contributed by atoms with van der Waals surface area (Å²) in [5.41, 5.74) is -1.27. The van der Waals surface area contributed by atoms with Gasteiger partial charge in [-0.15, -0.1) is 6.58 Å². The molecule has 0 heterocycles. The summed E-state index contributed by atoms with van der Waals surface area (Å²) >= 11 is 0. The second-order valence-corrected chi connectivity index (χ2v) is 3.98. The van der Waals surface area contributed by atoms with Gasteiger partial charge < -0.3 is 9.47 Å². The minimum Gasteiger partial charge on any atom is -0.468 e. The summed E-state index contributed by atoms with van der Waals surface area (Å²) in [4.78, 5) is 23.8. The van der Waals surface area contributed by atoms with Crippen molar-refractivity contribution in [2.24, 2.45) is 5.41 Å². The molecule has 0 bridgehead atoms. The van der Waals surface area contributed by atoms with Crippen LogP contribution < -0.4 is 0 Å². The van der Waals surface area contributed by atoms with Crippen molar-refractivity contribution in [1.82, 2.24) is 0 Å². The van der Waals surface area contributed by atoms with Crippen LogP contribution in [0.1, 0.15) is 32.6 Å². The minimum absolute atomic E-state index is 0.215. The average Bonchev–Trinajstić information content (AvgIpc) is 2.40. The van der Waals surface area contributed by atoms with E-state index in [-0.39, 0.29) is 6.42 Å². The quantitative estimate of drug-likeness (QED) is 0.379. The van der Waals surface area contributed by atoms with Crippen LogP contribution in [0.4, 0.5) is 0 Å². The Balaban J connectivity index is 5.06. The smallest absolute Gasteiger partial charge is 0.323 e. The van der Waals surface area contributed by atoms with Crippen LogP contribution in [-0.4, -0.2) is 26.2 Å². The summed E-state index contributed by atoms with van der Waals surface area (Å²) in [7, 11) is 2.54. The third kappa shape index (κ3) is 4.02. The van der Waals surface area contributed by atoms with Gasteiger partial charge in [0, 0.05) is 0 Å². The van der Waals surface area contributed by atoms with Crippen molar-refractivity contribution < 1.29 is 19.1 Å². The van der Waals surface area contributed by atoms with E-state index in [1.54, 1.807) is 0 Å². The zero-order valence-corrected chi connectivity index (χ0v) is 11.4. The predicted octanol–water partition coefficient (Wildman–Crippen LogP) is 2.64. The van der Waals surface area contributed by atoms with E-state index < -0.39 is 17.4 Å². The van der Waals surface area contributed by atoms with E-state index in [4.69, 9.17) is 9.47 Å². The molecule has 0 aliphatic rings. The third-order valence-corrected chi connectivity index (χ3v) is 2.79. The second-order valence-electron chi connectivity index (χ2n) is 3.98. The summed E-state index contributed by atoms with van der Waals surface area (Å²) in [6, 6.07) is 0. The largest absolute Gasteiger partial charge is 0.468 e. The van der Waals surface area contributed by atoms with E-state index in [0.29, 0.717) is 12.8 Å². The molecule has 0 N–H and O–H groups in total. The van der Waals surface area contributed by atoms with Crippen molar-refractivity contribution in [2.75, 3.05) is 14.2 Å². The lowest BCUT2D eigenvalue weighted by atomic mass is 9.80. The zero-order valence-electron chi connectivity index (χ0n) is 11.4. The highest BCUT2D eigenvalue weighted by Gasteiger charge is 2.46. The minimum atomic E-state index is -1.27. The molecule has 0 aromatic heterocycles. The normalized spacial score (nSPS) is 11.3. The number of methoxy groups -OCH3 is 2. The van der Waals surface area contributed by atoms with Gasteiger partial charge >= 0.3 is 11.9 Å². The number of esters is 2. The Morgan fingerprint density at radius 2 is 1.72 bits per heavy atom. The molecule has 102 valence electrons. The van der Waals surface area contributed by atoms with E-state index in [9.17, 15) is 9.59 Å². The molecule has 0 amide bonds. The van der Waals surface area contributed by atoms with Crippen LogP contribution in [0, 0.1) is 5.41 Å². The van der Waals surface area contributed by atoms with Gasteiger partial charge in [-0.1, -0.05) is 25.2 Å². The third-order valence-electron chi connectivity index (χ3n) is 2.79. The molecule has 0 radical (unpaired) electrons. The van der Waals surface area contributed by atoms with Gasteiger partial charge in [0.05, 0.1) is 14.2 Å². The highest BCUT2D eigenvalue weighted by molar-refractivity contribution is 6.00. The fourth-order valence-corrected chi connectivity index (χ4v) is 1.81. The monoisotopic (exact) mass is 254 g/mol. The van der Waals surface area contributed by atoms with E-state index in [2.05, 4.69) is 6.58 Å². The molecule has 0 atom stereocenters. The Bertz CT molecular complexity index is 302. The van der Waals surface area contributed by atoms with E-state index in [1.807, 2.05) is 19.1 Å². The summed E-state index contributed by atoms with van der Waals surface area (Å²) < 4.78 is 9.47. The number of rotatable bonds is 8. The standard InChI is InChI=1S/C14H22O4/c1-5-7-8-9-11-14(10-6-2,12(15)17-3)13(16)18-4/h6-8H,2,5,9-11H2,1,3-4H3/b8-7-. The van der Waals surface area contributed by atoms with E-state index >= 15 is 0 Å². The summed E-state index contributed by atoms with van der Waals surface area (Å²) in [6.45, 7) is 5.61. The molecule has 4 nitrogen and oxygen atoms in total. The van der Waals surface area contributed by atoms with Crippen molar-refractivity contribution in [3.05, 3.63) is 24.8 Å². The molecule has 0 spiro atoms. The van der Waals surface area contributed by atoms with Gasteiger partial charge in [-0.2, -0.15) is 0 Å². The van der Waals surface area contributed by atoms with Crippen LogP contribution >= 0.6 is 0 Å². The van der Waals surface area contributed by atoms with E-state index in [1.165, 1.54) is 20.3 Å².